The van der Waals surface area contributed by atoms with Crippen LogP contribution in [0.2, 0.25) is 0 Å². The van der Waals surface area contributed by atoms with Gasteiger partial charge in [0.2, 0.25) is 0 Å². The van der Waals surface area contributed by atoms with Crippen molar-refractivity contribution in [2.75, 3.05) is 13.1 Å². The van der Waals surface area contributed by atoms with Crippen LogP contribution >= 0.6 is 0 Å². The van der Waals surface area contributed by atoms with Crippen molar-refractivity contribution >= 4 is 5.91 Å². The highest BCUT2D eigenvalue weighted by atomic mass is 19.2. The van der Waals surface area contributed by atoms with Gasteiger partial charge in [-0.1, -0.05) is 54.6 Å². The molecule has 1 amide bonds. The van der Waals surface area contributed by atoms with Crippen molar-refractivity contribution in [2.24, 2.45) is 5.92 Å². The number of hydrogen-bond acceptors (Lipinski definition) is 1. The number of aryl methyl sites for hydroxylation is 1. The summed E-state index contributed by atoms with van der Waals surface area (Å²) < 4.78 is 54.8. The number of rotatable bonds is 5. The van der Waals surface area contributed by atoms with Crippen molar-refractivity contribution in [2.45, 2.75) is 25.7 Å². The molecular formula is C26H23F4NO. The van der Waals surface area contributed by atoms with Crippen molar-refractivity contribution in [1.82, 2.24) is 4.90 Å². The molecule has 1 fully saturated rings. The fourth-order valence-corrected chi connectivity index (χ4v) is 4.21. The number of carbonyl (C=O) groups is 1. The van der Waals surface area contributed by atoms with Gasteiger partial charge in [-0.25, -0.2) is 17.6 Å². The summed E-state index contributed by atoms with van der Waals surface area (Å²) in [6.07, 6.45) is 3.18. The predicted molar refractivity (Wildman–Crippen MR) is 115 cm³/mol. The lowest BCUT2D eigenvalue weighted by Gasteiger charge is -2.32. The number of halogens is 4. The summed E-state index contributed by atoms with van der Waals surface area (Å²) in [4.78, 5) is 13.8. The standard InChI is InChI=1S/C26H23F4NO/c27-21-16-22(28)25(30)23(24(21)29)26(32)31-14-12-18(13-15-31)7-6-17-8-10-20(11-9-17)19-4-2-1-3-5-19/h1-5,8-11,16,18H,6-7,12-15H2. The molecule has 0 spiro atoms. The van der Waals surface area contributed by atoms with Crippen LogP contribution in [-0.4, -0.2) is 23.9 Å². The Balaban J connectivity index is 1.31. The number of hydrogen-bond donors (Lipinski definition) is 0. The van der Waals surface area contributed by atoms with Crippen LogP contribution in [0.1, 0.15) is 35.2 Å². The largest absolute Gasteiger partial charge is 0.338 e. The summed E-state index contributed by atoms with van der Waals surface area (Å²) in [5.74, 6) is -7.06. The Morgan fingerprint density at radius 3 is 1.97 bits per heavy atom. The lowest BCUT2D eigenvalue weighted by molar-refractivity contribution is 0.0674. The Hall–Kier alpha value is -3.15. The minimum atomic E-state index is -1.64. The summed E-state index contributed by atoms with van der Waals surface area (Å²) in [6.45, 7) is 0.598. The number of likely N-dealkylation sites (tertiary alicyclic amines) is 1. The zero-order valence-electron chi connectivity index (χ0n) is 17.5. The summed E-state index contributed by atoms with van der Waals surface area (Å²) in [6, 6.07) is 18.7. The van der Waals surface area contributed by atoms with Gasteiger partial charge < -0.3 is 4.90 Å². The van der Waals surface area contributed by atoms with E-state index in [0.29, 0.717) is 31.8 Å². The molecule has 4 rings (SSSR count). The number of amides is 1. The summed E-state index contributed by atoms with van der Waals surface area (Å²) in [7, 11) is 0. The van der Waals surface area contributed by atoms with Crippen molar-refractivity contribution in [3.05, 3.63) is 95.1 Å². The molecule has 166 valence electrons. The molecule has 0 aliphatic carbocycles. The van der Waals surface area contributed by atoms with Crippen molar-refractivity contribution in [3.63, 3.8) is 0 Å². The monoisotopic (exact) mass is 441 g/mol. The Morgan fingerprint density at radius 1 is 0.812 bits per heavy atom. The topological polar surface area (TPSA) is 20.3 Å². The van der Waals surface area contributed by atoms with Crippen LogP contribution in [0.5, 0.6) is 0 Å². The first-order valence-corrected chi connectivity index (χ1v) is 10.7. The zero-order chi connectivity index (χ0) is 22.7. The van der Waals surface area contributed by atoms with E-state index in [0.717, 1.165) is 18.4 Å². The average molecular weight is 441 g/mol. The lowest BCUT2D eigenvalue weighted by Crippen LogP contribution is -2.39. The van der Waals surface area contributed by atoms with Gasteiger partial charge in [0.05, 0.1) is 0 Å². The molecule has 32 heavy (non-hydrogen) atoms. The van der Waals surface area contributed by atoms with Crippen molar-refractivity contribution in [3.8, 4) is 11.1 Å². The molecular weight excluding hydrogens is 418 g/mol. The molecule has 0 atom stereocenters. The third-order valence-corrected chi connectivity index (χ3v) is 6.13. The van der Waals surface area contributed by atoms with Crippen LogP contribution in [-0.2, 0) is 6.42 Å². The smallest absolute Gasteiger partial charge is 0.260 e. The summed E-state index contributed by atoms with van der Waals surface area (Å²) >= 11 is 0. The molecule has 0 aromatic heterocycles. The van der Waals surface area contributed by atoms with E-state index >= 15 is 0 Å². The number of carbonyl (C=O) groups excluding carboxylic acids is 1. The second-order valence-corrected chi connectivity index (χ2v) is 8.18. The van der Waals surface area contributed by atoms with Gasteiger partial charge >= 0.3 is 0 Å². The third-order valence-electron chi connectivity index (χ3n) is 6.13. The molecule has 3 aromatic rings. The first-order valence-electron chi connectivity index (χ1n) is 10.7. The second-order valence-electron chi connectivity index (χ2n) is 8.18. The lowest BCUT2D eigenvalue weighted by atomic mass is 9.90. The fourth-order valence-electron chi connectivity index (χ4n) is 4.21. The first-order chi connectivity index (χ1) is 15.4. The highest BCUT2D eigenvalue weighted by molar-refractivity contribution is 5.95. The van der Waals surface area contributed by atoms with E-state index in [1.165, 1.54) is 16.0 Å². The minimum Gasteiger partial charge on any atom is -0.338 e. The number of piperidine rings is 1. The van der Waals surface area contributed by atoms with Crippen molar-refractivity contribution in [1.29, 1.82) is 0 Å². The highest BCUT2D eigenvalue weighted by Crippen LogP contribution is 2.27. The molecule has 1 saturated heterocycles. The Bertz CT molecular complexity index is 1060. The molecule has 3 aromatic carbocycles. The Morgan fingerprint density at radius 2 is 1.38 bits per heavy atom. The maximum atomic E-state index is 13.9. The van der Waals surface area contributed by atoms with E-state index in [4.69, 9.17) is 0 Å². The molecule has 0 radical (unpaired) electrons. The van der Waals surface area contributed by atoms with Gasteiger partial charge in [0.1, 0.15) is 5.56 Å². The fraction of sp³-hybridized carbons (Fsp3) is 0.269. The van der Waals surface area contributed by atoms with Crippen LogP contribution in [0.4, 0.5) is 17.6 Å². The van der Waals surface area contributed by atoms with E-state index in [9.17, 15) is 22.4 Å². The van der Waals surface area contributed by atoms with Gasteiger partial charge in [-0.15, -0.1) is 0 Å². The Labute approximate surface area is 184 Å². The van der Waals surface area contributed by atoms with Gasteiger partial charge in [-0.2, -0.15) is 0 Å². The highest BCUT2D eigenvalue weighted by Gasteiger charge is 2.30. The van der Waals surface area contributed by atoms with Crippen LogP contribution in [0.3, 0.4) is 0 Å². The SMILES string of the molecule is O=C(c1c(F)c(F)cc(F)c1F)N1CCC(CCc2ccc(-c3ccccc3)cc2)CC1. The van der Waals surface area contributed by atoms with Crippen molar-refractivity contribution < 1.29 is 22.4 Å². The van der Waals surface area contributed by atoms with E-state index < -0.39 is 34.7 Å². The molecule has 0 unspecified atom stereocenters. The normalized spacial score (nSPS) is 14.6. The summed E-state index contributed by atoms with van der Waals surface area (Å²) in [5, 5.41) is 0. The van der Waals surface area contributed by atoms with Gasteiger partial charge in [0, 0.05) is 19.2 Å². The average Bonchev–Trinajstić information content (AvgIpc) is 2.83. The van der Waals surface area contributed by atoms with Gasteiger partial charge in [-0.05, 0) is 48.3 Å². The van der Waals surface area contributed by atoms with Gasteiger partial charge in [0.15, 0.2) is 23.3 Å². The van der Waals surface area contributed by atoms with E-state index in [-0.39, 0.29) is 6.07 Å². The van der Waals surface area contributed by atoms with Crippen LogP contribution in [0.25, 0.3) is 11.1 Å². The first kappa shape index (κ1) is 22.1. The molecule has 2 nitrogen and oxygen atoms in total. The van der Waals surface area contributed by atoms with Crippen LogP contribution < -0.4 is 0 Å². The van der Waals surface area contributed by atoms with Crippen LogP contribution in [0, 0.1) is 29.2 Å². The Kier molecular flexibility index (Phi) is 6.58. The van der Waals surface area contributed by atoms with E-state index in [1.54, 1.807) is 0 Å². The maximum Gasteiger partial charge on any atom is 0.260 e. The van der Waals surface area contributed by atoms with E-state index in [1.807, 2.05) is 18.2 Å². The molecule has 0 N–H and O–H groups in total. The molecule has 0 saturated carbocycles. The summed E-state index contributed by atoms with van der Waals surface area (Å²) in [5.41, 5.74) is 2.40. The number of benzene rings is 3. The predicted octanol–water partition coefficient (Wildman–Crippen LogP) is 6.40. The molecule has 0 bridgehead atoms. The van der Waals surface area contributed by atoms with Gasteiger partial charge in [0.25, 0.3) is 5.91 Å². The molecule has 1 heterocycles. The molecule has 1 aliphatic heterocycles. The quantitative estimate of drug-likeness (QED) is 0.332. The minimum absolute atomic E-state index is 0.111. The second kappa shape index (κ2) is 9.55. The van der Waals surface area contributed by atoms with Crippen LogP contribution in [0.15, 0.2) is 60.7 Å². The zero-order valence-corrected chi connectivity index (χ0v) is 17.5. The van der Waals surface area contributed by atoms with Gasteiger partial charge in [-0.3, -0.25) is 4.79 Å². The molecule has 6 heteroatoms. The maximum absolute atomic E-state index is 13.9. The number of nitrogens with zero attached hydrogens (tertiary/aromatic N) is 1. The molecule has 1 aliphatic rings. The van der Waals surface area contributed by atoms with E-state index in [2.05, 4.69) is 36.4 Å². The third kappa shape index (κ3) is 4.69.